The van der Waals surface area contributed by atoms with Crippen molar-refractivity contribution in [2.24, 2.45) is 0 Å². The zero-order valence-corrected chi connectivity index (χ0v) is 17.0. The molecule has 0 fully saturated rings. The number of hydrogen-bond acceptors (Lipinski definition) is 4. The Balaban J connectivity index is 1.63. The minimum Gasteiger partial charge on any atom is -0.497 e. The third kappa shape index (κ3) is 5.61. The van der Waals surface area contributed by atoms with Crippen molar-refractivity contribution in [2.45, 2.75) is 6.61 Å². The first kappa shape index (κ1) is 20.9. The van der Waals surface area contributed by atoms with Gasteiger partial charge in [0, 0.05) is 29.9 Å². The second-order valence-corrected chi connectivity index (χ2v) is 6.70. The summed E-state index contributed by atoms with van der Waals surface area (Å²) in [6, 6.07) is 23.7. The number of ether oxygens (including phenoxy) is 2. The molecule has 2 amide bonds. The quantitative estimate of drug-likeness (QED) is 0.617. The molecule has 30 heavy (non-hydrogen) atoms. The molecule has 0 bridgehead atoms. The highest BCUT2D eigenvalue weighted by Gasteiger charge is 2.18. The van der Waals surface area contributed by atoms with Gasteiger partial charge in [0.25, 0.3) is 5.91 Å². The number of nitrogens with zero attached hydrogens (tertiary/aromatic N) is 1. The van der Waals surface area contributed by atoms with Gasteiger partial charge in [-0.15, -0.1) is 0 Å². The van der Waals surface area contributed by atoms with Gasteiger partial charge < -0.3 is 19.7 Å². The molecule has 6 nitrogen and oxygen atoms in total. The van der Waals surface area contributed by atoms with Crippen LogP contribution < -0.4 is 14.8 Å². The summed E-state index contributed by atoms with van der Waals surface area (Å²) in [4.78, 5) is 26.7. The molecule has 3 aromatic rings. The molecule has 3 rings (SSSR count). The van der Waals surface area contributed by atoms with E-state index in [0.717, 1.165) is 11.3 Å². The molecular formula is C24H24N2O4. The second-order valence-electron chi connectivity index (χ2n) is 6.70. The molecule has 0 unspecified atom stereocenters. The van der Waals surface area contributed by atoms with E-state index in [2.05, 4.69) is 5.32 Å². The fourth-order valence-electron chi connectivity index (χ4n) is 2.93. The van der Waals surface area contributed by atoms with Gasteiger partial charge >= 0.3 is 0 Å². The minimum atomic E-state index is -0.294. The van der Waals surface area contributed by atoms with E-state index in [9.17, 15) is 9.59 Å². The van der Waals surface area contributed by atoms with Crippen molar-refractivity contribution in [3.05, 3.63) is 90.0 Å². The fourth-order valence-corrected chi connectivity index (χ4v) is 2.93. The normalized spacial score (nSPS) is 10.2. The smallest absolute Gasteiger partial charge is 0.254 e. The summed E-state index contributed by atoms with van der Waals surface area (Å²) >= 11 is 0. The van der Waals surface area contributed by atoms with E-state index < -0.39 is 0 Å². The van der Waals surface area contributed by atoms with E-state index >= 15 is 0 Å². The summed E-state index contributed by atoms with van der Waals surface area (Å²) < 4.78 is 10.9. The number of rotatable bonds is 8. The van der Waals surface area contributed by atoms with Crippen LogP contribution in [0.15, 0.2) is 78.9 Å². The van der Waals surface area contributed by atoms with Crippen LogP contribution in [0.1, 0.15) is 15.9 Å². The highest BCUT2D eigenvalue weighted by Crippen LogP contribution is 2.18. The maximum atomic E-state index is 12.9. The Labute approximate surface area is 176 Å². The van der Waals surface area contributed by atoms with Crippen molar-refractivity contribution in [2.75, 3.05) is 26.0 Å². The molecule has 0 aliphatic heterocycles. The van der Waals surface area contributed by atoms with Crippen molar-refractivity contribution < 1.29 is 19.1 Å². The van der Waals surface area contributed by atoms with Crippen LogP contribution in [0.5, 0.6) is 11.5 Å². The SMILES string of the molecule is COc1cccc(NC(=O)CN(C)C(=O)c2ccccc2COc2ccccc2)c1. The molecule has 0 radical (unpaired) electrons. The Morgan fingerprint density at radius 2 is 1.60 bits per heavy atom. The number of carbonyl (C=O) groups excluding carboxylic acids is 2. The first-order valence-electron chi connectivity index (χ1n) is 9.52. The van der Waals surface area contributed by atoms with Crippen molar-refractivity contribution in [1.82, 2.24) is 4.90 Å². The van der Waals surface area contributed by atoms with Crippen LogP contribution in [-0.2, 0) is 11.4 Å². The lowest BCUT2D eigenvalue weighted by Gasteiger charge is -2.19. The van der Waals surface area contributed by atoms with Gasteiger partial charge in [0.2, 0.25) is 5.91 Å². The molecule has 0 aromatic heterocycles. The molecule has 6 heteroatoms. The summed E-state index contributed by atoms with van der Waals surface area (Å²) in [6.07, 6.45) is 0. The summed E-state index contributed by atoms with van der Waals surface area (Å²) in [5, 5.41) is 2.78. The van der Waals surface area contributed by atoms with Crippen LogP contribution in [0, 0.1) is 0 Å². The van der Waals surface area contributed by atoms with Gasteiger partial charge in [0.15, 0.2) is 0 Å². The maximum Gasteiger partial charge on any atom is 0.254 e. The number of anilines is 1. The minimum absolute atomic E-state index is 0.0794. The highest BCUT2D eigenvalue weighted by molar-refractivity contribution is 6.00. The van der Waals surface area contributed by atoms with Crippen LogP contribution in [0.2, 0.25) is 0 Å². The summed E-state index contributed by atoms with van der Waals surface area (Å²) in [5.74, 6) is 0.829. The van der Waals surface area contributed by atoms with Gasteiger partial charge in [-0.1, -0.05) is 42.5 Å². The van der Waals surface area contributed by atoms with Crippen LogP contribution in [0.3, 0.4) is 0 Å². The Kier molecular flexibility index (Phi) is 7.05. The number of amides is 2. The molecule has 0 saturated carbocycles. The van der Waals surface area contributed by atoms with Gasteiger partial charge in [-0.05, 0) is 30.3 Å². The van der Waals surface area contributed by atoms with Gasteiger partial charge in [0.05, 0.1) is 13.7 Å². The van der Waals surface area contributed by atoms with Crippen molar-refractivity contribution in [1.29, 1.82) is 0 Å². The standard InChI is InChI=1S/C24H24N2O4/c1-26(16-23(27)25-19-10-8-13-21(15-19)29-2)24(28)22-14-7-6-9-18(22)17-30-20-11-4-3-5-12-20/h3-15H,16-17H2,1-2H3,(H,25,27). The van der Waals surface area contributed by atoms with Crippen LogP contribution in [0.25, 0.3) is 0 Å². The second kappa shape index (κ2) is 10.1. The maximum absolute atomic E-state index is 12.9. The topological polar surface area (TPSA) is 67.9 Å². The fraction of sp³-hybridized carbons (Fsp3) is 0.167. The van der Waals surface area contributed by atoms with E-state index in [1.54, 1.807) is 50.6 Å². The molecule has 0 spiro atoms. The van der Waals surface area contributed by atoms with Gasteiger partial charge in [-0.2, -0.15) is 0 Å². The molecule has 0 saturated heterocycles. The Morgan fingerprint density at radius 1 is 0.900 bits per heavy atom. The van der Waals surface area contributed by atoms with Gasteiger partial charge in [0.1, 0.15) is 18.1 Å². The number of likely N-dealkylation sites (N-methyl/N-ethyl adjacent to an activating group) is 1. The van der Waals surface area contributed by atoms with E-state index in [0.29, 0.717) is 17.0 Å². The number of carbonyl (C=O) groups is 2. The number of hydrogen-bond donors (Lipinski definition) is 1. The zero-order chi connectivity index (χ0) is 21.3. The lowest BCUT2D eigenvalue weighted by Crippen LogP contribution is -2.35. The molecule has 154 valence electrons. The average molecular weight is 404 g/mol. The molecule has 0 aliphatic rings. The van der Waals surface area contributed by atoms with E-state index in [4.69, 9.17) is 9.47 Å². The number of benzene rings is 3. The molecule has 1 N–H and O–H groups in total. The Bertz CT molecular complexity index is 1000. The van der Waals surface area contributed by atoms with Gasteiger partial charge in [-0.25, -0.2) is 0 Å². The van der Waals surface area contributed by atoms with E-state index in [1.165, 1.54) is 4.90 Å². The average Bonchev–Trinajstić information content (AvgIpc) is 2.78. The van der Waals surface area contributed by atoms with Crippen molar-refractivity contribution in [3.8, 4) is 11.5 Å². The lowest BCUT2D eigenvalue weighted by molar-refractivity contribution is -0.116. The monoisotopic (exact) mass is 404 g/mol. The summed E-state index contributed by atoms with van der Waals surface area (Å²) in [5.41, 5.74) is 1.87. The molecule has 0 atom stereocenters. The summed E-state index contributed by atoms with van der Waals surface area (Å²) in [6.45, 7) is 0.180. The van der Waals surface area contributed by atoms with E-state index in [-0.39, 0.29) is 25.0 Å². The Morgan fingerprint density at radius 3 is 2.37 bits per heavy atom. The zero-order valence-electron chi connectivity index (χ0n) is 17.0. The van der Waals surface area contributed by atoms with Gasteiger partial charge in [-0.3, -0.25) is 9.59 Å². The molecule has 3 aromatic carbocycles. The predicted octanol–water partition coefficient (Wildman–Crippen LogP) is 3.98. The van der Waals surface area contributed by atoms with Crippen LogP contribution >= 0.6 is 0 Å². The van der Waals surface area contributed by atoms with Crippen molar-refractivity contribution in [3.63, 3.8) is 0 Å². The first-order valence-corrected chi connectivity index (χ1v) is 9.52. The molecular weight excluding hydrogens is 380 g/mol. The molecule has 0 heterocycles. The summed E-state index contributed by atoms with van der Waals surface area (Å²) in [7, 11) is 3.16. The lowest BCUT2D eigenvalue weighted by atomic mass is 10.1. The largest absolute Gasteiger partial charge is 0.497 e. The highest BCUT2D eigenvalue weighted by atomic mass is 16.5. The Hall–Kier alpha value is -3.80. The van der Waals surface area contributed by atoms with Crippen LogP contribution in [-0.4, -0.2) is 37.4 Å². The third-order valence-electron chi connectivity index (χ3n) is 4.47. The van der Waals surface area contributed by atoms with Crippen LogP contribution in [0.4, 0.5) is 5.69 Å². The first-order chi connectivity index (χ1) is 14.6. The third-order valence-corrected chi connectivity index (χ3v) is 4.47. The van der Waals surface area contributed by atoms with Crippen molar-refractivity contribution >= 4 is 17.5 Å². The molecule has 0 aliphatic carbocycles. The number of para-hydroxylation sites is 1. The predicted molar refractivity (Wildman–Crippen MR) is 116 cm³/mol. The van der Waals surface area contributed by atoms with E-state index in [1.807, 2.05) is 42.5 Å². The number of methoxy groups -OCH3 is 1. The number of nitrogens with one attached hydrogen (secondary N) is 1.